The molecule has 0 aliphatic carbocycles. The van der Waals surface area contributed by atoms with Crippen LogP contribution in [-0.2, 0) is 14.3 Å². The number of carbonyl (C=O) groups excluding carboxylic acids is 2. The van der Waals surface area contributed by atoms with E-state index in [1.807, 2.05) is 27.7 Å². The van der Waals surface area contributed by atoms with E-state index in [2.05, 4.69) is 18.8 Å². The molecule has 0 rings (SSSR count). The second-order valence-electron chi connectivity index (χ2n) is 5.78. The predicted molar refractivity (Wildman–Crippen MR) is 78.4 cm³/mol. The second-order valence-corrected chi connectivity index (χ2v) is 5.78. The van der Waals surface area contributed by atoms with Gasteiger partial charge in [-0.2, -0.15) is 0 Å². The van der Waals surface area contributed by atoms with E-state index < -0.39 is 18.2 Å². The normalized spacial score (nSPS) is 12.7. The summed E-state index contributed by atoms with van der Waals surface area (Å²) in [6.45, 7) is 13.1. The Morgan fingerprint density at radius 3 is 2.40 bits per heavy atom. The number of hydrogen-bond acceptors (Lipinski definition) is 4. The first kappa shape index (κ1) is 18.5. The van der Waals surface area contributed by atoms with Crippen LogP contribution in [0.1, 0.15) is 47.5 Å². The molecule has 116 valence electrons. The Morgan fingerprint density at radius 2 is 1.95 bits per heavy atom. The van der Waals surface area contributed by atoms with Gasteiger partial charge in [0.25, 0.3) is 0 Å². The molecule has 1 amide bonds. The first-order valence-corrected chi connectivity index (χ1v) is 6.99. The number of alkyl carbamates (subject to hydrolysis) is 1. The summed E-state index contributed by atoms with van der Waals surface area (Å²) in [5.41, 5.74) is -0.314. The van der Waals surface area contributed by atoms with Crippen molar-refractivity contribution in [1.82, 2.24) is 5.32 Å². The van der Waals surface area contributed by atoms with Crippen molar-refractivity contribution in [1.29, 1.82) is 0 Å². The molecule has 0 aliphatic rings. The van der Waals surface area contributed by atoms with Crippen LogP contribution in [0.5, 0.6) is 0 Å². The Hall–Kier alpha value is -1.52. The summed E-state index contributed by atoms with van der Waals surface area (Å²) < 4.78 is 10.3. The molecule has 0 bridgehead atoms. The molecule has 5 nitrogen and oxygen atoms in total. The van der Waals surface area contributed by atoms with Gasteiger partial charge in [0.15, 0.2) is 0 Å². The summed E-state index contributed by atoms with van der Waals surface area (Å²) in [6, 6.07) is 0. The van der Waals surface area contributed by atoms with Crippen LogP contribution in [0, 0.1) is 5.92 Å². The third-order valence-corrected chi connectivity index (χ3v) is 2.87. The molecule has 0 fully saturated rings. The molecule has 0 spiro atoms. The number of amides is 1. The largest absolute Gasteiger partial charge is 0.459 e. The van der Waals surface area contributed by atoms with Gasteiger partial charge in [-0.25, -0.2) is 9.59 Å². The summed E-state index contributed by atoms with van der Waals surface area (Å²) in [4.78, 5) is 22.9. The third-order valence-electron chi connectivity index (χ3n) is 2.87. The van der Waals surface area contributed by atoms with Gasteiger partial charge >= 0.3 is 12.1 Å². The quantitative estimate of drug-likeness (QED) is 0.550. The summed E-state index contributed by atoms with van der Waals surface area (Å²) in [5.74, 6) is -0.473. The van der Waals surface area contributed by atoms with E-state index in [0.717, 1.165) is 18.9 Å². The molecule has 0 saturated carbocycles. The minimum absolute atomic E-state index is 0.0319. The number of ether oxygens (including phenoxy) is 2. The van der Waals surface area contributed by atoms with Crippen LogP contribution in [0.15, 0.2) is 12.7 Å². The SMILES string of the molecule is C=CC(=O)OCC(OC(=O)NC(C)(C)CCC)C(C)C. The molecule has 0 aromatic rings. The Kier molecular flexibility index (Phi) is 7.96. The smallest absolute Gasteiger partial charge is 0.407 e. The van der Waals surface area contributed by atoms with Crippen LogP contribution in [-0.4, -0.2) is 30.3 Å². The lowest BCUT2D eigenvalue weighted by Gasteiger charge is -2.28. The Bertz CT molecular complexity index is 337. The number of hydrogen-bond donors (Lipinski definition) is 1. The molecule has 1 unspecified atom stereocenters. The standard InChI is InChI=1S/C15H27NO4/c1-7-9-15(5,6)16-14(18)20-12(11(3)4)10-19-13(17)8-2/h8,11-12H,2,7,9-10H2,1,3-6H3,(H,16,18). The monoisotopic (exact) mass is 285 g/mol. The highest BCUT2D eigenvalue weighted by molar-refractivity contribution is 5.81. The van der Waals surface area contributed by atoms with E-state index in [4.69, 9.17) is 9.47 Å². The van der Waals surface area contributed by atoms with Gasteiger partial charge in [-0.1, -0.05) is 33.8 Å². The van der Waals surface area contributed by atoms with Gasteiger partial charge in [0.2, 0.25) is 0 Å². The first-order valence-electron chi connectivity index (χ1n) is 6.99. The van der Waals surface area contributed by atoms with Crippen LogP contribution in [0.4, 0.5) is 4.79 Å². The van der Waals surface area contributed by atoms with Crippen LogP contribution in [0.2, 0.25) is 0 Å². The number of nitrogens with one attached hydrogen (secondary N) is 1. The van der Waals surface area contributed by atoms with Gasteiger partial charge in [-0.3, -0.25) is 0 Å². The van der Waals surface area contributed by atoms with Crippen LogP contribution >= 0.6 is 0 Å². The zero-order valence-electron chi connectivity index (χ0n) is 13.2. The van der Waals surface area contributed by atoms with E-state index in [9.17, 15) is 9.59 Å². The third kappa shape index (κ3) is 7.81. The maximum Gasteiger partial charge on any atom is 0.407 e. The number of rotatable bonds is 8. The first-order chi connectivity index (χ1) is 9.21. The van der Waals surface area contributed by atoms with Crippen molar-refractivity contribution in [2.75, 3.05) is 6.61 Å². The zero-order valence-corrected chi connectivity index (χ0v) is 13.2. The van der Waals surface area contributed by atoms with Crippen molar-refractivity contribution in [3.8, 4) is 0 Å². The number of carbonyl (C=O) groups is 2. The Labute approximate surface area is 121 Å². The van der Waals surface area contributed by atoms with Gasteiger partial charge in [0.05, 0.1) is 0 Å². The highest BCUT2D eigenvalue weighted by atomic mass is 16.6. The molecule has 1 N–H and O–H groups in total. The van der Waals surface area contributed by atoms with Crippen LogP contribution < -0.4 is 5.32 Å². The summed E-state index contributed by atoms with van der Waals surface area (Å²) >= 11 is 0. The fourth-order valence-corrected chi connectivity index (χ4v) is 1.72. The molecule has 0 radical (unpaired) electrons. The zero-order chi connectivity index (χ0) is 15.8. The van der Waals surface area contributed by atoms with Crippen molar-refractivity contribution in [3.63, 3.8) is 0 Å². The molecule has 1 atom stereocenters. The molecular weight excluding hydrogens is 258 g/mol. The minimum Gasteiger partial charge on any atom is -0.459 e. The molecule has 0 aromatic carbocycles. The van der Waals surface area contributed by atoms with Crippen LogP contribution in [0.3, 0.4) is 0 Å². The van der Waals surface area contributed by atoms with Gasteiger partial charge in [0.1, 0.15) is 12.7 Å². The van der Waals surface area contributed by atoms with Gasteiger partial charge in [-0.05, 0) is 26.2 Å². The van der Waals surface area contributed by atoms with Gasteiger partial charge < -0.3 is 14.8 Å². The number of esters is 1. The lowest BCUT2D eigenvalue weighted by molar-refractivity contribution is -0.141. The lowest BCUT2D eigenvalue weighted by atomic mass is 9.99. The minimum atomic E-state index is -0.522. The highest BCUT2D eigenvalue weighted by Crippen LogP contribution is 2.13. The van der Waals surface area contributed by atoms with Crippen molar-refractivity contribution in [2.45, 2.75) is 59.1 Å². The molecule has 0 heterocycles. The average molecular weight is 285 g/mol. The fraction of sp³-hybridized carbons (Fsp3) is 0.733. The molecule has 0 aromatic heterocycles. The lowest BCUT2D eigenvalue weighted by Crippen LogP contribution is -2.45. The average Bonchev–Trinajstić information content (AvgIpc) is 2.32. The molecule has 0 aliphatic heterocycles. The fourth-order valence-electron chi connectivity index (χ4n) is 1.72. The van der Waals surface area contributed by atoms with E-state index in [-0.39, 0.29) is 18.1 Å². The van der Waals surface area contributed by atoms with E-state index >= 15 is 0 Å². The van der Waals surface area contributed by atoms with Crippen molar-refractivity contribution >= 4 is 12.1 Å². The van der Waals surface area contributed by atoms with Gasteiger partial charge in [0, 0.05) is 11.6 Å². The molecule has 5 heteroatoms. The van der Waals surface area contributed by atoms with Crippen molar-refractivity contribution in [2.24, 2.45) is 5.92 Å². The molecular formula is C15H27NO4. The maximum absolute atomic E-state index is 11.9. The van der Waals surface area contributed by atoms with Crippen LogP contribution in [0.25, 0.3) is 0 Å². The van der Waals surface area contributed by atoms with E-state index in [1.54, 1.807) is 0 Å². The molecule has 0 saturated heterocycles. The summed E-state index contributed by atoms with van der Waals surface area (Å²) in [7, 11) is 0. The Morgan fingerprint density at radius 1 is 1.35 bits per heavy atom. The van der Waals surface area contributed by atoms with E-state index in [1.165, 1.54) is 0 Å². The maximum atomic E-state index is 11.9. The molecule has 20 heavy (non-hydrogen) atoms. The van der Waals surface area contributed by atoms with Crippen molar-refractivity contribution in [3.05, 3.63) is 12.7 Å². The van der Waals surface area contributed by atoms with Crippen molar-refractivity contribution < 1.29 is 19.1 Å². The van der Waals surface area contributed by atoms with Gasteiger partial charge in [-0.15, -0.1) is 0 Å². The summed E-state index contributed by atoms with van der Waals surface area (Å²) in [5, 5.41) is 2.82. The second kappa shape index (κ2) is 8.61. The Balaban J connectivity index is 4.41. The predicted octanol–water partition coefficient (Wildman–Crippen LogP) is 3.05. The van der Waals surface area contributed by atoms with E-state index in [0.29, 0.717) is 0 Å². The highest BCUT2D eigenvalue weighted by Gasteiger charge is 2.24. The summed E-state index contributed by atoms with van der Waals surface area (Å²) in [6.07, 6.45) is 1.95. The topological polar surface area (TPSA) is 64.6 Å².